The van der Waals surface area contributed by atoms with Crippen LogP contribution in [0, 0.1) is 5.41 Å². The molecule has 0 unspecified atom stereocenters. The van der Waals surface area contributed by atoms with Gasteiger partial charge in [-0.25, -0.2) is 0 Å². The third kappa shape index (κ3) is 3.68. The lowest BCUT2D eigenvalue weighted by atomic mass is 10.4. The van der Waals surface area contributed by atoms with Crippen LogP contribution in [0.1, 0.15) is 6.92 Å². The Morgan fingerprint density at radius 2 is 2.25 bits per heavy atom. The van der Waals surface area contributed by atoms with E-state index in [1.807, 2.05) is 6.92 Å². The lowest BCUT2D eigenvalue weighted by molar-refractivity contribution is 0.993. The van der Waals surface area contributed by atoms with Gasteiger partial charge in [-0.15, -0.1) is 0 Å². The molecule has 0 rings (SSSR count). The second-order valence-corrected chi connectivity index (χ2v) is 1.83. The monoisotopic (exact) mass is 132 g/mol. The molecule has 0 spiro atoms. The van der Waals surface area contributed by atoms with Crippen LogP contribution in [0.5, 0.6) is 0 Å². The minimum atomic E-state index is 0.0526. The van der Waals surface area contributed by atoms with Gasteiger partial charge in [-0.2, -0.15) is 0 Å². The van der Waals surface area contributed by atoms with Crippen molar-refractivity contribution in [1.82, 2.24) is 5.32 Å². The first kappa shape index (κ1) is 7.50. The SMILES string of the molecule is CN/C(C)=C/C(=N)Cl. The second kappa shape index (κ2) is 3.50. The number of hydrogen-bond donors (Lipinski definition) is 2. The van der Waals surface area contributed by atoms with Crippen LogP contribution in [0.2, 0.25) is 0 Å². The van der Waals surface area contributed by atoms with Crippen molar-refractivity contribution >= 4 is 16.8 Å². The van der Waals surface area contributed by atoms with Gasteiger partial charge in [0.05, 0.1) is 0 Å². The summed E-state index contributed by atoms with van der Waals surface area (Å²) in [5.41, 5.74) is 0.894. The first-order valence-corrected chi connectivity index (χ1v) is 2.64. The van der Waals surface area contributed by atoms with Crippen LogP contribution in [-0.2, 0) is 0 Å². The summed E-state index contributed by atoms with van der Waals surface area (Å²) < 4.78 is 0. The van der Waals surface area contributed by atoms with Crippen LogP contribution < -0.4 is 5.32 Å². The molecule has 0 aliphatic rings. The van der Waals surface area contributed by atoms with E-state index in [0.717, 1.165) is 5.70 Å². The van der Waals surface area contributed by atoms with E-state index < -0.39 is 0 Å². The molecule has 3 heteroatoms. The van der Waals surface area contributed by atoms with Crippen LogP contribution in [0.15, 0.2) is 11.8 Å². The molecule has 0 atom stereocenters. The van der Waals surface area contributed by atoms with Gasteiger partial charge in [0, 0.05) is 12.7 Å². The minimum absolute atomic E-state index is 0.0526. The zero-order valence-electron chi connectivity index (χ0n) is 4.96. The molecule has 0 saturated carbocycles. The maximum absolute atomic E-state index is 6.78. The molecule has 2 N–H and O–H groups in total. The highest BCUT2D eigenvalue weighted by molar-refractivity contribution is 6.67. The molecule has 2 nitrogen and oxygen atoms in total. The maximum Gasteiger partial charge on any atom is 0.122 e. The number of allylic oxidation sites excluding steroid dienone is 2. The van der Waals surface area contributed by atoms with Crippen molar-refractivity contribution in [2.24, 2.45) is 0 Å². The average Bonchev–Trinajstić information content (AvgIpc) is 1.65. The molecule has 0 aromatic rings. The van der Waals surface area contributed by atoms with E-state index in [9.17, 15) is 0 Å². The summed E-state index contributed by atoms with van der Waals surface area (Å²) in [6.45, 7) is 1.84. The molecule has 0 bridgehead atoms. The Labute approximate surface area is 54.0 Å². The Kier molecular flexibility index (Phi) is 3.28. The summed E-state index contributed by atoms with van der Waals surface area (Å²) >= 11 is 5.22. The van der Waals surface area contributed by atoms with E-state index >= 15 is 0 Å². The highest BCUT2D eigenvalue weighted by atomic mass is 35.5. The summed E-state index contributed by atoms with van der Waals surface area (Å²) in [5.74, 6) is 0. The van der Waals surface area contributed by atoms with Gasteiger partial charge in [-0.05, 0) is 13.0 Å². The van der Waals surface area contributed by atoms with Crippen molar-refractivity contribution in [2.75, 3.05) is 7.05 Å². The van der Waals surface area contributed by atoms with Crippen molar-refractivity contribution in [1.29, 1.82) is 5.41 Å². The van der Waals surface area contributed by atoms with E-state index in [0.29, 0.717) is 0 Å². The van der Waals surface area contributed by atoms with Crippen LogP contribution >= 0.6 is 11.6 Å². The van der Waals surface area contributed by atoms with Gasteiger partial charge in [0.15, 0.2) is 0 Å². The fourth-order valence-electron chi connectivity index (χ4n) is 0.262. The van der Waals surface area contributed by atoms with Crippen LogP contribution in [0.25, 0.3) is 0 Å². The smallest absolute Gasteiger partial charge is 0.122 e. The summed E-state index contributed by atoms with van der Waals surface area (Å²) in [6, 6.07) is 0. The van der Waals surface area contributed by atoms with Crippen molar-refractivity contribution in [3.8, 4) is 0 Å². The van der Waals surface area contributed by atoms with E-state index in [2.05, 4.69) is 5.32 Å². The van der Waals surface area contributed by atoms with Gasteiger partial charge in [-0.3, -0.25) is 5.41 Å². The van der Waals surface area contributed by atoms with Crippen LogP contribution in [-0.4, -0.2) is 12.2 Å². The summed E-state index contributed by atoms with van der Waals surface area (Å²) in [6.07, 6.45) is 1.54. The molecule has 0 aliphatic heterocycles. The molecule has 0 heterocycles. The lowest BCUT2D eigenvalue weighted by Crippen LogP contribution is -2.02. The zero-order chi connectivity index (χ0) is 6.57. The predicted octanol–water partition coefficient (Wildman–Crippen LogP) is 1.33. The van der Waals surface area contributed by atoms with E-state index in [4.69, 9.17) is 17.0 Å². The fraction of sp³-hybridized carbons (Fsp3) is 0.400. The third-order valence-corrected chi connectivity index (χ3v) is 0.847. The number of halogens is 1. The standard InChI is InChI=1S/C5H9ClN2/c1-4(8-2)3-5(6)7/h3,7-8H,1-2H3/b4-3+,7-5?. The first-order chi connectivity index (χ1) is 3.66. The Hall–Kier alpha value is -0.500. The Bertz CT molecular complexity index is 118. The van der Waals surface area contributed by atoms with Crippen molar-refractivity contribution in [2.45, 2.75) is 6.92 Å². The number of rotatable bonds is 2. The van der Waals surface area contributed by atoms with Crippen molar-refractivity contribution < 1.29 is 0 Å². The van der Waals surface area contributed by atoms with Crippen molar-refractivity contribution in [3.63, 3.8) is 0 Å². The van der Waals surface area contributed by atoms with Gasteiger partial charge in [0.2, 0.25) is 0 Å². The van der Waals surface area contributed by atoms with Crippen molar-refractivity contribution in [3.05, 3.63) is 11.8 Å². The molecule has 0 aliphatic carbocycles. The van der Waals surface area contributed by atoms with Gasteiger partial charge in [0.25, 0.3) is 0 Å². The Balaban J connectivity index is 3.75. The molecule has 0 aromatic heterocycles. The quantitative estimate of drug-likeness (QED) is 0.547. The zero-order valence-corrected chi connectivity index (χ0v) is 5.71. The largest absolute Gasteiger partial charge is 0.392 e. The van der Waals surface area contributed by atoms with Gasteiger partial charge < -0.3 is 5.32 Å². The molecule has 0 amide bonds. The Morgan fingerprint density at radius 1 is 1.75 bits per heavy atom. The third-order valence-electron chi connectivity index (χ3n) is 0.738. The highest BCUT2D eigenvalue weighted by Gasteiger charge is 1.82. The molecule has 8 heavy (non-hydrogen) atoms. The normalized spacial score (nSPS) is 11.1. The van der Waals surface area contributed by atoms with Gasteiger partial charge in [-0.1, -0.05) is 11.6 Å². The van der Waals surface area contributed by atoms with E-state index in [-0.39, 0.29) is 5.17 Å². The molecule has 0 radical (unpaired) electrons. The molecule has 0 aromatic carbocycles. The maximum atomic E-state index is 6.78. The summed E-state index contributed by atoms with van der Waals surface area (Å²) in [4.78, 5) is 0. The van der Waals surface area contributed by atoms with Gasteiger partial charge in [0.1, 0.15) is 5.17 Å². The molecule has 0 saturated heterocycles. The molecule has 0 fully saturated rings. The fourth-order valence-corrected chi connectivity index (χ4v) is 0.426. The van der Waals surface area contributed by atoms with E-state index in [1.54, 1.807) is 13.1 Å². The first-order valence-electron chi connectivity index (χ1n) is 2.27. The van der Waals surface area contributed by atoms with E-state index in [1.165, 1.54) is 0 Å². The molecular formula is C5H9ClN2. The van der Waals surface area contributed by atoms with Crippen LogP contribution in [0.4, 0.5) is 0 Å². The topological polar surface area (TPSA) is 35.9 Å². The Morgan fingerprint density at radius 3 is 2.38 bits per heavy atom. The predicted molar refractivity (Wildman–Crippen MR) is 36.4 cm³/mol. The average molecular weight is 133 g/mol. The highest BCUT2D eigenvalue weighted by Crippen LogP contribution is 1.88. The molecular weight excluding hydrogens is 124 g/mol. The number of hydrogen-bond acceptors (Lipinski definition) is 2. The lowest BCUT2D eigenvalue weighted by Gasteiger charge is -1.93. The summed E-state index contributed by atoms with van der Waals surface area (Å²) in [7, 11) is 1.78. The summed E-state index contributed by atoms with van der Waals surface area (Å²) in [5, 5.41) is 9.66. The number of nitrogens with one attached hydrogen (secondary N) is 2. The second-order valence-electron chi connectivity index (χ2n) is 1.43. The molecule has 46 valence electrons. The van der Waals surface area contributed by atoms with Crippen LogP contribution in [0.3, 0.4) is 0 Å². The minimum Gasteiger partial charge on any atom is -0.392 e. The van der Waals surface area contributed by atoms with Gasteiger partial charge >= 0.3 is 0 Å².